The Balaban J connectivity index is 2.44. The number of hydrogen-bond acceptors (Lipinski definition) is 3. The van der Waals surface area contributed by atoms with Crippen molar-refractivity contribution in [2.24, 2.45) is 5.73 Å². The number of nitrogens with zero attached hydrogens (tertiary/aromatic N) is 1. The third-order valence-electron chi connectivity index (χ3n) is 2.58. The van der Waals surface area contributed by atoms with Gasteiger partial charge < -0.3 is 10.5 Å². The third kappa shape index (κ3) is 3.12. The molecule has 2 N–H and O–H groups in total. The molecule has 19 heavy (non-hydrogen) atoms. The first-order valence-electron chi connectivity index (χ1n) is 5.69. The second-order valence-corrected chi connectivity index (χ2v) is 5.06. The van der Waals surface area contributed by atoms with Crippen LogP contribution < -0.4 is 10.5 Å². The summed E-state index contributed by atoms with van der Waals surface area (Å²) in [6.07, 6.45) is 0. The van der Waals surface area contributed by atoms with Gasteiger partial charge in [-0.1, -0.05) is 15.9 Å². The van der Waals surface area contributed by atoms with Crippen LogP contribution in [0.5, 0.6) is 11.5 Å². The lowest BCUT2D eigenvalue weighted by Crippen LogP contribution is -2.15. The number of amides is 1. The van der Waals surface area contributed by atoms with Gasteiger partial charge in [-0.25, -0.2) is 0 Å². The Labute approximate surface area is 119 Å². The fourth-order valence-electron chi connectivity index (χ4n) is 1.80. The van der Waals surface area contributed by atoms with Gasteiger partial charge in [0, 0.05) is 16.2 Å². The maximum Gasteiger partial charge on any atom is 0.254 e. The maximum absolute atomic E-state index is 11.5. The van der Waals surface area contributed by atoms with Crippen molar-refractivity contribution in [2.75, 3.05) is 0 Å². The number of primary amides is 1. The van der Waals surface area contributed by atoms with E-state index in [1.165, 1.54) is 0 Å². The van der Waals surface area contributed by atoms with Gasteiger partial charge in [0.05, 0.1) is 5.69 Å². The molecule has 0 spiro atoms. The zero-order chi connectivity index (χ0) is 14.0. The van der Waals surface area contributed by atoms with Crippen molar-refractivity contribution >= 4 is 21.8 Å². The fraction of sp³-hybridized carbons (Fsp3) is 0.143. The van der Waals surface area contributed by atoms with E-state index in [9.17, 15) is 4.79 Å². The van der Waals surface area contributed by atoms with Crippen molar-refractivity contribution in [3.63, 3.8) is 0 Å². The first-order chi connectivity index (χ1) is 8.97. The molecule has 4 nitrogen and oxygen atoms in total. The molecule has 0 aliphatic heterocycles. The van der Waals surface area contributed by atoms with Crippen molar-refractivity contribution in [3.8, 4) is 11.5 Å². The summed E-state index contributed by atoms with van der Waals surface area (Å²) in [7, 11) is 0. The highest BCUT2D eigenvalue weighted by molar-refractivity contribution is 9.10. The molecule has 0 fully saturated rings. The molecule has 0 radical (unpaired) electrons. The number of hydrogen-bond donors (Lipinski definition) is 1. The second kappa shape index (κ2) is 5.40. The Morgan fingerprint density at radius 3 is 2.47 bits per heavy atom. The Morgan fingerprint density at radius 1 is 1.26 bits per heavy atom. The quantitative estimate of drug-likeness (QED) is 0.943. The van der Waals surface area contributed by atoms with Crippen LogP contribution in [-0.2, 0) is 0 Å². The number of aryl methyl sites for hydroxylation is 2. The summed E-state index contributed by atoms with van der Waals surface area (Å²) in [5, 5.41) is 0. The van der Waals surface area contributed by atoms with Crippen LogP contribution >= 0.6 is 15.9 Å². The number of nitrogens with two attached hydrogens (primary N) is 1. The zero-order valence-electron chi connectivity index (χ0n) is 10.6. The SMILES string of the molecule is Cc1cc(Oc2ccc(Br)cc2)c(C(N)=O)c(C)n1. The molecule has 0 aliphatic rings. The average Bonchev–Trinajstić information content (AvgIpc) is 2.30. The molecule has 0 saturated carbocycles. The highest BCUT2D eigenvalue weighted by Crippen LogP contribution is 2.28. The summed E-state index contributed by atoms with van der Waals surface area (Å²) in [6, 6.07) is 9.04. The van der Waals surface area contributed by atoms with Crippen LogP contribution in [0.4, 0.5) is 0 Å². The predicted octanol–water partition coefficient (Wildman–Crippen LogP) is 3.35. The molecule has 1 aromatic carbocycles. The summed E-state index contributed by atoms with van der Waals surface area (Å²) in [5.74, 6) is 0.521. The van der Waals surface area contributed by atoms with E-state index in [0.29, 0.717) is 22.8 Å². The van der Waals surface area contributed by atoms with Crippen molar-refractivity contribution in [3.05, 3.63) is 51.8 Å². The van der Waals surface area contributed by atoms with Crippen LogP contribution in [0.25, 0.3) is 0 Å². The lowest BCUT2D eigenvalue weighted by atomic mass is 10.1. The molecule has 0 atom stereocenters. The van der Waals surface area contributed by atoms with Gasteiger partial charge >= 0.3 is 0 Å². The van der Waals surface area contributed by atoms with Gasteiger partial charge in [-0.3, -0.25) is 9.78 Å². The second-order valence-electron chi connectivity index (χ2n) is 4.14. The highest BCUT2D eigenvalue weighted by atomic mass is 79.9. The lowest BCUT2D eigenvalue weighted by molar-refractivity contribution is 0.0997. The molecule has 98 valence electrons. The number of halogens is 1. The molecule has 2 aromatic rings. The van der Waals surface area contributed by atoms with Gasteiger partial charge in [0.15, 0.2) is 0 Å². The predicted molar refractivity (Wildman–Crippen MR) is 76.4 cm³/mol. The summed E-state index contributed by atoms with van der Waals surface area (Å²) >= 11 is 3.35. The number of carbonyl (C=O) groups is 1. The van der Waals surface area contributed by atoms with E-state index in [4.69, 9.17) is 10.5 Å². The highest BCUT2D eigenvalue weighted by Gasteiger charge is 2.15. The van der Waals surface area contributed by atoms with Crippen LogP contribution in [0.15, 0.2) is 34.8 Å². The molecule has 5 heteroatoms. The summed E-state index contributed by atoms with van der Waals surface area (Å²) in [5.41, 5.74) is 7.03. The molecule has 1 amide bonds. The monoisotopic (exact) mass is 320 g/mol. The Kier molecular flexibility index (Phi) is 3.85. The topological polar surface area (TPSA) is 65.2 Å². The van der Waals surface area contributed by atoms with Gasteiger partial charge in [-0.15, -0.1) is 0 Å². The van der Waals surface area contributed by atoms with Gasteiger partial charge in [0.2, 0.25) is 0 Å². The minimum absolute atomic E-state index is 0.313. The van der Waals surface area contributed by atoms with Gasteiger partial charge in [0.25, 0.3) is 5.91 Å². The smallest absolute Gasteiger partial charge is 0.254 e. The van der Waals surface area contributed by atoms with Gasteiger partial charge in [0.1, 0.15) is 17.1 Å². The molecule has 0 unspecified atom stereocenters. The molecule has 0 aliphatic carbocycles. The summed E-state index contributed by atoms with van der Waals surface area (Å²) in [4.78, 5) is 15.7. The number of rotatable bonds is 3. The number of ether oxygens (including phenoxy) is 1. The molecule has 1 heterocycles. The van der Waals surface area contributed by atoms with Crippen LogP contribution in [0.1, 0.15) is 21.7 Å². The zero-order valence-corrected chi connectivity index (χ0v) is 12.2. The Hall–Kier alpha value is -1.88. The molecule has 0 bridgehead atoms. The number of pyridine rings is 1. The summed E-state index contributed by atoms with van der Waals surface area (Å²) in [6.45, 7) is 3.58. The number of benzene rings is 1. The van der Waals surface area contributed by atoms with E-state index < -0.39 is 5.91 Å². The summed E-state index contributed by atoms with van der Waals surface area (Å²) < 4.78 is 6.68. The van der Waals surface area contributed by atoms with E-state index in [2.05, 4.69) is 20.9 Å². The minimum atomic E-state index is -0.544. The standard InChI is InChI=1S/C14H13BrN2O2/c1-8-7-12(13(14(16)18)9(2)17-8)19-11-5-3-10(15)4-6-11/h3-7H,1-2H3,(H2,16,18). The van der Waals surface area contributed by atoms with Gasteiger partial charge in [-0.05, 0) is 38.1 Å². The number of carbonyl (C=O) groups excluding carboxylic acids is 1. The fourth-order valence-corrected chi connectivity index (χ4v) is 2.07. The molecule has 2 rings (SSSR count). The van der Waals surface area contributed by atoms with Crippen molar-refractivity contribution in [1.82, 2.24) is 4.98 Å². The van der Waals surface area contributed by atoms with E-state index in [-0.39, 0.29) is 0 Å². The van der Waals surface area contributed by atoms with Crippen molar-refractivity contribution in [1.29, 1.82) is 0 Å². The van der Waals surface area contributed by atoms with E-state index in [1.807, 2.05) is 19.1 Å². The molecular weight excluding hydrogens is 308 g/mol. The van der Waals surface area contributed by atoms with E-state index in [0.717, 1.165) is 10.2 Å². The van der Waals surface area contributed by atoms with E-state index >= 15 is 0 Å². The molecule has 1 aromatic heterocycles. The molecule has 0 saturated heterocycles. The van der Waals surface area contributed by atoms with Crippen molar-refractivity contribution in [2.45, 2.75) is 13.8 Å². The first-order valence-corrected chi connectivity index (χ1v) is 6.48. The minimum Gasteiger partial charge on any atom is -0.456 e. The third-order valence-corrected chi connectivity index (χ3v) is 3.11. The van der Waals surface area contributed by atoms with Crippen LogP contribution in [0.3, 0.4) is 0 Å². The van der Waals surface area contributed by atoms with Gasteiger partial charge in [-0.2, -0.15) is 0 Å². The average molecular weight is 321 g/mol. The molecular formula is C14H13BrN2O2. The normalized spacial score (nSPS) is 10.3. The van der Waals surface area contributed by atoms with E-state index in [1.54, 1.807) is 25.1 Å². The van der Waals surface area contributed by atoms with Crippen molar-refractivity contribution < 1.29 is 9.53 Å². The largest absolute Gasteiger partial charge is 0.456 e. The number of aromatic nitrogens is 1. The van der Waals surface area contributed by atoms with Crippen LogP contribution in [0.2, 0.25) is 0 Å². The first kappa shape index (κ1) is 13.5. The lowest BCUT2D eigenvalue weighted by Gasteiger charge is -2.12. The van der Waals surface area contributed by atoms with Crippen LogP contribution in [0, 0.1) is 13.8 Å². The van der Waals surface area contributed by atoms with Crippen LogP contribution in [-0.4, -0.2) is 10.9 Å². The Morgan fingerprint density at radius 2 is 1.89 bits per heavy atom. The maximum atomic E-state index is 11.5. The Bertz CT molecular complexity index is 624.